The van der Waals surface area contributed by atoms with E-state index in [4.69, 9.17) is 9.72 Å². The Bertz CT molecular complexity index is 1460. The van der Waals surface area contributed by atoms with Gasteiger partial charge in [0.2, 0.25) is 5.67 Å². The van der Waals surface area contributed by atoms with Crippen molar-refractivity contribution < 1.29 is 27.8 Å². The molecule has 35 heavy (non-hydrogen) atoms. The molecule has 0 unspecified atom stereocenters. The molecule has 6 rings (SSSR count). The molecule has 4 aromatic rings. The molecule has 0 radical (unpaired) electrons. The molecule has 2 aliphatic rings. The van der Waals surface area contributed by atoms with E-state index in [-0.39, 0.29) is 18.8 Å². The van der Waals surface area contributed by atoms with Crippen LogP contribution in [0, 0.1) is 11.6 Å². The van der Waals surface area contributed by atoms with Crippen LogP contribution in [0.3, 0.4) is 0 Å². The lowest BCUT2D eigenvalue weighted by molar-refractivity contribution is -0.150. The van der Waals surface area contributed by atoms with Crippen molar-refractivity contribution in [3.8, 4) is 5.69 Å². The standard InChI is InChI=1S/C25H23F3N4O3/c26-17-2-1-16(10-18(17)27)32-19-9-15-12-29-31-23(15)30-21(19)20(22(32)13-4-7-35-8-5-13)14-3-6-25(28,11-14)24(33)34/h1-2,9-10,12-14H,3-8,11H2,(H,33,34)(H,29,30,31)/t14-,25+/m1/s1. The normalized spacial score (nSPS) is 23.5. The summed E-state index contributed by atoms with van der Waals surface area (Å²) in [7, 11) is 0. The van der Waals surface area contributed by atoms with Crippen molar-refractivity contribution >= 4 is 28.0 Å². The first-order chi connectivity index (χ1) is 16.9. The quantitative estimate of drug-likeness (QED) is 0.419. The van der Waals surface area contributed by atoms with E-state index in [0.29, 0.717) is 54.8 Å². The van der Waals surface area contributed by atoms with Gasteiger partial charge in [0.25, 0.3) is 0 Å². The van der Waals surface area contributed by atoms with Crippen LogP contribution in [0.25, 0.3) is 27.8 Å². The number of benzene rings is 1. The Balaban J connectivity index is 1.67. The van der Waals surface area contributed by atoms with Crippen molar-refractivity contribution in [2.45, 2.75) is 49.6 Å². The van der Waals surface area contributed by atoms with Crippen molar-refractivity contribution in [1.82, 2.24) is 19.7 Å². The van der Waals surface area contributed by atoms with Crippen LogP contribution in [0.2, 0.25) is 0 Å². The fourth-order valence-electron chi connectivity index (χ4n) is 5.73. The number of hydrogen-bond donors (Lipinski definition) is 2. The summed E-state index contributed by atoms with van der Waals surface area (Å²) in [5.74, 6) is -3.78. The van der Waals surface area contributed by atoms with E-state index in [1.165, 1.54) is 6.07 Å². The van der Waals surface area contributed by atoms with Crippen LogP contribution in [-0.2, 0) is 9.53 Å². The predicted octanol–water partition coefficient (Wildman–Crippen LogP) is 5.13. The minimum absolute atomic E-state index is 0.00281. The Kier molecular flexibility index (Phi) is 5.10. The number of ether oxygens (including phenoxy) is 1. The first-order valence-electron chi connectivity index (χ1n) is 11.7. The summed E-state index contributed by atoms with van der Waals surface area (Å²) in [6.07, 6.45) is 3.10. The van der Waals surface area contributed by atoms with Gasteiger partial charge in [0.1, 0.15) is 0 Å². The Hall–Kier alpha value is -3.40. The molecule has 2 atom stereocenters. The maximum Gasteiger partial charge on any atom is 0.341 e. The number of alkyl halides is 1. The highest BCUT2D eigenvalue weighted by Gasteiger charge is 2.48. The van der Waals surface area contributed by atoms with Crippen LogP contribution in [-0.4, -0.2) is 49.7 Å². The highest BCUT2D eigenvalue weighted by atomic mass is 19.2. The summed E-state index contributed by atoms with van der Waals surface area (Å²) in [5.41, 5.74) is 1.51. The number of carboxylic acids is 1. The lowest BCUT2D eigenvalue weighted by Gasteiger charge is -2.27. The van der Waals surface area contributed by atoms with Gasteiger partial charge in [-0.15, -0.1) is 0 Å². The van der Waals surface area contributed by atoms with Crippen molar-refractivity contribution in [3.05, 3.63) is 53.4 Å². The van der Waals surface area contributed by atoms with Crippen LogP contribution in [0.15, 0.2) is 30.5 Å². The summed E-state index contributed by atoms with van der Waals surface area (Å²) in [6, 6.07) is 5.62. The van der Waals surface area contributed by atoms with E-state index >= 15 is 4.39 Å². The zero-order chi connectivity index (χ0) is 24.3. The molecule has 7 nitrogen and oxygen atoms in total. The summed E-state index contributed by atoms with van der Waals surface area (Å²) >= 11 is 0. The summed E-state index contributed by atoms with van der Waals surface area (Å²) in [5, 5.41) is 17.2. The maximum atomic E-state index is 15.2. The predicted molar refractivity (Wildman–Crippen MR) is 121 cm³/mol. The third kappa shape index (κ3) is 3.50. The van der Waals surface area contributed by atoms with Crippen LogP contribution in [0.4, 0.5) is 13.2 Å². The van der Waals surface area contributed by atoms with E-state index < -0.39 is 29.2 Å². The molecule has 3 aromatic heterocycles. The summed E-state index contributed by atoms with van der Waals surface area (Å²) < 4.78 is 50.9. The van der Waals surface area contributed by atoms with Gasteiger partial charge in [0.05, 0.1) is 17.2 Å². The van der Waals surface area contributed by atoms with Gasteiger partial charge in [0, 0.05) is 47.5 Å². The average Bonchev–Trinajstić information content (AvgIpc) is 3.55. The first kappa shape index (κ1) is 22.1. The zero-order valence-corrected chi connectivity index (χ0v) is 18.7. The molecule has 0 bridgehead atoms. The number of aromatic nitrogens is 4. The van der Waals surface area contributed by atoms with E-state index in [0.717, 1.165) is 28.8 Å². The minimum atomic E-state index is -2.31. The molecule has 2 fully saturated rings. The van der Waals surface area contributed by atoms with Gasteiger partial charge in [-0.05, 0) is 56.2 Å². The second-order valence-corrected chi connectivity index (χ2v) is 9.49. The molecule has 0 spiro atoms. The van der Waals surface area contributed by atoms with Crippen LogP contribution >= 0.6 is 0 Å². The Labute approximate surface area is 197 Å². The van der Waals surface area contributed by atoms with E-state index in [1.54, 1.807) is 6.20 Å². The number of nitrogens with zero attached hydrogens (tertiary/aromatic N) is 3. The molecule has 1 aromatic carbocycles. The fraction of sp³-hybridized carbons (Fsp3) is 0.400. The van der Waals surface area contributed by atoms with Crippen molar-refractivity contribution in [2.75, 3.05) is 13.2 Å². The molecule has 10 heteroatoms. The third-order valence-electron chi connectivity index (χ3n) is 7.44. The second kappa shape index (κ2) is 8.08. The van der Waals surface area contributed by atoms with Crippen LogP contribution in [0.5, 0.6) is 0 Å². The van der Waals surface area contributed by atoms with Gasteiger partial charge in [-0.25, -0.2) is 22.9 Å². The molecule has 0 amide bonds. The van der Waals surface area contributed by atoms with Gasteiger partial charge in [0.15, 0.2) is 17.3 Å². The largest absolute Gasteiger partial charge is 0.479 e. The smallest absolute Gasteiger partial charge is 0.341 e. The summed E-state index contributed by atoms with van der Waals surface area (Å²) in [4.78, 5) is 16.5. The lowest BCUT2D eigenvalue weighted by atomic mass is 9.86. The molecule has 182 valence electrons. The highest BCUT2D eigenvalue weighted by Crippen LogP contribution is 2.50. The van der Waals surface area contributed by atoms with Crippen molar-refractivity contribution in [1.29, 1.82) is 0 Å². The van der Waals surface area contributed by atoms with Gasteiger partial charge >= 0.3 is 5.97 Å². The second-order valence-electron chi connectivity index (χ2n) is 9.49. The number of pyridine rings is 1. The number of carbonyl (C=O) groups is 1. The molecule has 1 aliphatic carbocycles. The number of halogens is 3. The number of nitrogens with one attached hydrogen (secondary N) is 1. The number of fused-ring (bicyclic) bond motifs is 2. The number of aromatic amines is 1. The SMILES string of the molecule is O=C(O)[C@]1(F)CC[C@@H](c2c(C3CCOCC3)n(-c3ccc(F)c(F)c3)c3cc4cn[nH]c4nc23)C1. The van der Waals surface area contributed by atoms with Gasteiger partial charge in [-0.3, -0.25) is 5.10 Å². The maximum absolute atomic E-state index is 15.2. The lowest BCUT2D eigenvalue weighted by Crippen LogP contribution is -2.30. The van der Waals surface area contributed by atoms with Crippen molar-refractivity contribution in [3.63, 3.8) is 0 Å². The molecular weight excluding hydrogens is 461 g/mol. The third-order valence-corrected chi connectivity index (χ3v) is 7.44. The van der Waals surface area contributed by atoms with Gasteiger partial charge in [-0.1, -0.05) is 0 Å². The Morgan fingerprint density at radius 3 is 2.66 bits per heavy atom. The van der Waals surface area contributed by atoms with Crippen molar-refractivity contribution in [2.24, 2.45) is 0 Å². The number of H-pyrrole nitrogens is 1. The van der Waals surface area contributed by atoms with Crippen LogP contribution < -0.4 is 0 Å². The van der Waals surface area contributed by atoms with Crippen LogP contribution in [0.1, 0.15) is 55.2 Å². The number of hydrogen-bond acceptors (Lipinski definition) is 4. The molecule has 1 saturated heterocycles. The first-order valence-corrected chi connectivity index (χ1v) is 11.7. The molecule has 2 N–H and O–H groups in total. The number of carboxylic acid groups (broad SMARTS) is 1. The topological polar surface area (TPSA) is 93.0 Å². The van der Waals surface area contributed by atoms with E-state index in [1.807, 2.05) is 10.6 Å². The van der Waals surface area contributed by atoms with Gasteiger partial charge in [-0.2, -0.15) is 5.10 Å². The number of aliphatic carboxylic acids is 1. The monoisotopic (exact) mass is 484 g/mol. The zero-order valence-electron chi connectivity index (χ0n) is 18.7. The molecule has 1 saturated carbocycles. The molecular formula is C25H23F3N4O3. The Morgan fingerprint density at radius 2 is 1.94 bits per heavy atom. The van der Waals surface area contributed by atoms with E-state index in [9.17, 15) is 18.7 Å². The minimum Gasteiger partial charge on any atom is -0.479 e. The highest BCUT2D eigenvalue weighted by molar-refractivity contribution is 5.94. The fourth-order valence-corrected chi connectivity index (χ4v) is 5.73. The van der Waals surface area contributed by atoms with Gasteiger partial charge < -0.3 is 14.4 Å². The van der Waals surface area contributed by atoms with E-state index in [2.05, 4.69) is 10.2 Å². The number of rotatable bonds is 4. The Morgan fingerprint density at radius 1 is 1.14 bits per heavy atom. The molecule has 4 heterocycles. The average molecular weight is 484 g/mol. The molecule has 1 aliphatic heterocycles. The summed E-state index contributed by atoms with van der Waals surface area (Å²) in [6.45, 7) is 1.07.